The summed E-state index contributed by atoms with van der Waals surface area (Å²) in [5.41, 5.74) is 2.06. The van der Waals surface area contributed by atoms with Gasteiger partial charge >= 0.3 is 0 Å². The molecule has 1 aromatic rings. The van der Waals surface area contributed by atoms with E-state index in [1.807, 2.05) is 12.1 Å². The van der Waals surface area contributed by atoms with Crippen molar-refractivity contribution in [2.24, 2.45) is 0 Å². The summed E-state index contributed by atoms with van der Waals surface area (Å²) in [6, 6.07) is 3.79. The van der Waals surface area contributed by atoms with Crippen molar-refractivity contribution in [3.63, 3.8) is 0 Å². The number of fused-ring (bicyclic) bond motifs is 3. The minimum absolute atomic E-state index is 0.0765. The fourth-order valence-electron chi connectivity index (χ4n) is 2.19. The first-order chi connectivity index (χ1) is 7.27. The Labute approximate surface area is 87.4 Å². The largest absolute Gasteiger partial charge is 0.454 e. The first-order valence-corrected chi connectivity index (χ1v) is 4.97. The van der Waals surface area contributed by atoms with E-state index >= 15 is 0 Å². The van der Waals surface area contributed by atoms with Crippen LogP contribution in [0.1, 0.15) is 12.5 Å². The van der Waals surface area contributed by atoms with Gasteiger partial charge in [0.15, 0.2) is 11.5 Å². The van der Waals surface area contributed by atoms with Gasteiger partial charge < -0.3 is 14.4 Å². The Morgan fingerprint density at radius 3 is 3.07 bits per heavy atom. The van der Waals surface area contributed by atoms with Crippen LogP contribution in [0.4, 0.5) is 5.69 Å². The smallest absolute Gasteiger partial charge is 0.231 e. The molecular formula is C11H11NO3. The molecule has 3 rings (SSSR count). The fourth-order valence-corrected chi connectivity index (χ4v) is 2.19. The van der Waals surface area contributed by atoms with Gasteiger partial charge in [-0.05, 0) is 18.6 Å². The Kier molecular flexibility index (Phi) is 1.65. The van der Waals surface area contributed by atoms with Gasteiger partial charge in [0.2, 0.25) is 12.7 Å². The lowest BCUT2D eigenvalue weighted by Crippen LogP contribution is -2.25. The van der Waals surface area contributed by atoms with E-state index < -0.39 is 0 Å². The predicted octanol–water partition coefficient (Wildman–Crippen LogP) is 1.32. The van der Waals surface area contributed by atoms with Crippen LogP contribution in [0.5, 0.6) is 11.5 Å². The second-order valence-electron chi connectivity index (χ2n) is 3.72. The molecule has 0 radical (unpaired) electrons. The van der Waals surface area contributed by atoms with Gasteiger partial charge in [0, 0.05) is 19.0 Å². The second-order valence-corrected chi connectivity index (χ2v) is 3.72. The lowest BCUT2D eigenvalue weighted by Gasteiger charge is -2.14. The second kappa shape index (κ2) is 2.89. The van der Waals surface area contributed by atoms with Crippen molar-refractivity contribution in [2.45, 2.75) is 13.3 Å². The molecule has 1 amide bonds. The Balaban J connectivity index is 2.13. The number of carbonyl (C=O) groups excluding carboxylic acids is 1. The number of anilines is 1. The van der Waals surface area contributed by atoms with Gasteiger partial charge in [0.25, 0.3) is 0 Å². The van der Waals surface area contributed by atoms with Crippen LogP contribution in [-0.4, -0.2) is 19.2 Å². The van der Waals surface area contributed by atoms with E-state index in [-0.39, 0.29) is 12.7 Å². The normalized spacial score (nSPS) is 16.7. The molecule has 0 saturated heterocycles. The Bertz CT molecular complexity index is 442. The van der Waals surface area contributed by atoms with Crippen LogP contribution >= 0.6 is 0 Å². The van der Waals surface area contributed by atoms with E-state index in [4.69, 9.17) is 9.47 Å². The summed E-state index contributed by atoms with van der Waals surface area (Å²) in [5.74, 6) is 1.68. The minimum atomic E-state index is 0.0765. The standard InChI is InChI=1S/C11H11NO3/c1-7(13)12-5-4-8-9(12)2-3-10-11(8)15-6-14-10/h2-3H,4-6H2,1H3. The SMILES string of the molecule is CC(=O)N1CCc2c1ccc1c2OCO1. The molecule has 0 saturated carbocycles. The number of amides is 1. The maximum absolute atomic E-state index is 11.4. The number of hydrogen-bond acceptors (Lipinski definition) is 3. The molecule has 0 spiro atoms. The van der Waals surface area contributed by atoms with Crippen LogP contribution in [0.2, 0.25) is 0 Å². The van der Waals surface area contributed by atoms with E-state index in [1.54, 1.807) is 11.8 Å². The number of benzene rings is 1. The van der Waals surface area contributed by atoms with Crippen LogP contribution in [0.25, 0.3) is 0 Å². The van der Waals surface area contributed by atoms with Gasteiger partial charge in [-0.1, -0.05) is 0 Å². The van der Waals surface area contributed by atoms with Crippen molar-refractivity contribution < 1.29 is 14.3 Å². The fraction of sp³-hybridized carbons (Fsp3) is 0.364. The molecule has 2 aliphatic rings. The number of rotatable bonds is 0. The quantitative estimate of drug-likeness (QED) is 0.641. The highest BCUT2D eigenvalue weighted by atomic mass is 16.7. The maximum atomic E-state index is 11.4. The van der Waals surface area contributed by atoms with E-state index in [0.29, 0.717) is 0 Å². The molecule has 0 aliphatic carbocycles. The topological polar surface area (TPSA) is 38.8 Å². The highest BCUT2D eigenvalue weighted by molar-refractivity contribution is 5.94. The zero-order valence-electron chi connectivity index (χ0n) is 8.45. The summed E-state index contributed by atoms with van der Waals surface area (Å²) in [4.78, 5) is 13.1. The van der Waals surface area contributed by atoms with Crippen molar-refractivity contribution in [1.29, 1.82) is 0 Å². The van der Waals surface area contributed by atoms with Crippen LogP contribution in [-0.2, 0) is 11.2 Å². The van der Waals surface area contributed by atoms with Crippen LogP contribution in [0, 0.1) is 0 Å². The Morgan fingerprint density at radius 1 is 1.40 bits per heavy atom. The number of hydrogen-bond donors (Lipinski definition) is 0. The van der Waals surface area contributed by atoms with Crippen LogP contribution in [0.3, 0.4) is 0 Å². The van der Waals surface area contributed by atoms with Crippen molar-refractivity contribution in [1.82, 2.24) is 0 Å². The molecule has 1 aromatic carbocycles. The molecule has 4 nitrogen and oxygen atoms in total. The molecule has 0 aromatic heterocycles. The minimum Gasteiger partial charge on any atom is -0.454 e. The third kappa shape index (κ3) is 1.11. The molecule has 0 unspecified atom stereocenters. The number of nitrogens with zero attached hydrogens (tertiary/aromatic N) is 1. The molecule has 0 bridgehead atoms. The molecule has 2 aliphatic heterocycles. The summed E-state index contributed by atoms with van der Waals surface area (Å²) in [6.45, 7) is 2.61. The lowest BCUT2D eigenvalue weighted by atomic mass is 10.1. The van der Waals surface area contributed by atoms with Crippen molar-refractivity contribution in [3.05, 3.63) is 17.7 Å². The van der Waals surface area contributed by atoms with Gasteiger partial charge in [0.05, 0.1) is 5.69 Å². The first kappa shape index (κ1) is 8.59. The van der Waals surface area contributed by atoms with E-state index in [2.05, 4.69) is 0 Å². The first-order valence-electron chi connectivity index (χ1n) is 4.97. The highest BCUT2D eigenvalue weighted by Crippen LogP contribution is 2.43. The van der Waals surface area contributed by atoms with Gasteiger partial charge in [-0.3, -0.25) is 4.79 Å². The summed E-state index contributed by atoms with van der Waals surface area (Å²) in [6.07, 6.45) is 0.849. The monoisotopic (exact) mass is 205 g/mol. The molecule has 0 N–H and O–H groups in total. The lowest BCUT2D eigenvalue weighted by molar-refractivity contribution is -0.116. The van der Waals surface area contributed by atoms with Crippen molar-refractivity contribution in [3.8, 4) is 11.5 Å². The number of carbonyl (C=O) groups is 1. The van der Waals surface area contributed by atoms with Crippen LogP contribution in [0.15, 0.2) is 12.1 Å². The summed E-state index contributed by atoms with van der Waals surface area (Å²) >= 11 is 0. The van der Waals surface area contributed by atoms with Crippen molar-refractivity contribution in [2.75, 3.05) is 18.2 Å². The Morgan fingerprint density at radius 2 is 2.27 bits per heavy atom. The summed E-state index contributed by atoms with van der Waals surface area (Å²) in [7, 11) is 0. The third-order valence-electron chi connectivity index (χ3n) is 2.87. The van der Waals surface area contributed by atoms with E-state index in [1.165, 1.54) is 0 Å². The molecule has 0 atom stereocenters. The molecule has 0 fully saturated rings. The molecule has 15 heavy (non-hydrogen) atoms. The van der Waals surface area contributed by atoms with E-state index in [0.717, 1.165) is 35.7 Å². The van der Waals surface area contributed by atoms with Gasteiger partial charge in [-0.2, -0.15) is 0 Å². The average Bonchev–Trinajstić information content (AvgIpc) is 2.82. The number of ether oxygens (including phenoxy) is 2. The summed E-state index contributed by atoms with van der Waals surface area (Å²) in [5, 5.41) is 0. The predicted molar refractivity (Wildman–Crippen MR) is 54.3 cm³/mol. The maximum Gasteiger partial charge on any atom is 0.231 e. The zero-order chi connectivity index (χ0) is 10.4. The van der Waals surface area contributed by atoms with Crippen LogP contribution < -0.4 is 14.4 Å². The average molecular weight is 205 g/mol. The van der Waals surface area contributed by atoms with Gasteiger partial charge in [-0.25, -0.2) is 0 Å². The third-order valence-corrected chi connectivity index (χ3v) is 2.87. The molecule has 4 heteroatoms. The van der Waals surface area contributed by atoms with E-state index in [9.17, 15) is 4.79 Å². The summed E-state index contributed by atoms with van der Waals surface area (Å²) < 4.78 is 10.7. The van der Waals surface area contributed by atoms with Gasteiger partial charge in [-0.15, -0.1) is 0 Å². The highest BCUT2D eigenvalue weighted by Gasteiger charge is 2.29. The molecule has 78 valence electrons. The molecule has 2 heterocycles. The zero-order valence-corrected chi connectivity index (χ0v) is 8.45. The Hall–Kier alpha value is -1.71. The molecular weight excluding hydrogens is 194 g/mol. The van der Waals surface area contributed by atoms with Crippen molar-refractivity contribution >= 4 is 11.6 Å². The van der Waals surface area contributed by atoms with Gasteiger partial charge in [0.1, 0.15) is 0 Å².